The maximum Gasteiger partial charge on any atom is 0.333 e. The summed E-state index contributed by atoms with van der Waals surface area (Å²) < 4.78 is 0. The van der Waals surface area contributed by atoms with E-state index in [1.165, 1.54) is 6.92 Å². The molecule has 22 heavy (non-hydrogen) atoms. The van der Waals surface area contributed by atoms with Crippen LogP contribution in [0.25, 0.3) is 0 Å². The number of carbonyl (C=O) groups excluding carboxylic acids is 3. The predicted octanol–water partition coefficient (Wildman–Crippen LogP) is 3.86. The zero-order chi connectivity index (χ0) is 17.6. The molecule has 0 aliphatic heterocycles. The molecule has 5 heteroatoms. The highest BCUT2D eigenvalue weighted by Gasteiger charge is 2.29. The first-order chi connectivity index (χ1) is 9.94. The van der Waals surface area contributed by atoms with Crippen molar-refractivity contribution in [1.82, 2.24) is 5.06 Å². The van der Waals surface area contributed by atoms with Gasteiger partial charge in [-0.2, -0.15) is 0 Å². The Hall–Kier alpha value is -1.39. The Morgan fingerprint density at radius 3 is 1.86 bits per heavy atom. The molecule has 0 unspecified atom stereocenters. The summed E-state index contributed by atoms with van der Waals surface area (Å²) in [5.74, 6) is -1.63. The summed E-state index contributed by atoms with van der Waals surface area (Å²) in [7, 11) is 0. The third-order valence-corrected chi connectivity index (χ3v) is 4.07. The second-order valence-electron chi connectivity index (χ2n) is 7.38. The lowest BCUT2D eigenvalue weighted by Crippen LogP contribution is -2.37. The molecule has 0 aromatic carbocycles. The highest BCUT2D eigenvalue weighted by molar-refractivity contribution is 5.94. The van der Waals surface area contributed by atoms with E-state index in [2.05, 4.69) is 20.8 Å². The zero-order valence-corrected chi connectivity index (χ0v) is 15.1. The van der Waals surface area contributed by atoms with Gasteiger partial charge < -0.3 is 4.84 Å². The Balaban J connectivity index is 4.62. The maximum absolute atomic E-state index is 12.0. The van der Waals surface area contributed by atoms with Crippen molar-refractivity contribution in [3.05, 3.63) is 0 Å². The van der Waals surface area contributed by atoms with Gasteiger partial charge in [0.2, 0.25) is 0 Å². The molecule has 0 aromatic rings. The van der Waals surface area contributed by atoms with Gasteiger partial charge in [0.15, 0.2) is 0 Å². The molecule has 0 saturated carbocycles. The molecule has 0 heterocycles. The van der Waals surface area contributed by atoms with Crippen LogP contribution >= 0.6 is 0 Å². The first-order valence-corrected chi connectivity index (χ1v) is 7.98. The summed E-state index contributed by atoms with van der Waals surface area (Å²) in [5.41, 5.74) is 0.00597. The second kappa shape index (κ2) is 8.30. The van der Waals surface area contributed by atoms with E-state index in [1.807, 2.05) is 13.8 Å². The molecule has 0 aromatic heterocycles. The van der Waals surface area contributed by atoms with Crippen molar-refractivity contribution >= 4 is 17.8 Å². The quantitative estimate of drug-likeness (QED) is 0.669. The first-order valence-electron chi connectivity index (χ1n) is 7.98. The van der Waals surface area contributed by atoms with Gasteiger partial charge in [-0.25, -0.2) is 4.79 Å². The summed E-state index contributed by atoms with van der Waals surface area (Å²) in [4.78, 5) is 39.9. The third kappa shape index (κ3) is 7.57. The van der Waals surface area contributed by atoms with Crippen molar-refractivity contribution in [3.8, 4) is 0 Å². The fourth-order valence-corrected chi connectivity index (χ4v) is 1.90. The number of hydroxylamine groups is 2. The van der Waals surface area contributed by atoms with Crippen LogP contribution < -0.4 is 0 Å². The third-order valence-electron chi connectivity index (χ3n) is 4.07. The lowest BCUT2D eigenvalue weighted by Gasteiger charge is -2.30. The summed E-state index contributed by atoms with van der Waals surface area (Å²) in [6.07, 6.45) is 3.25. The Bertz CT molecular complexity index is 413. The maximum atomic E-state index is 12.0. The van der Waals surface area contributed by atoms with E-state index in [9.17, 15) is 14.4 Å². The van der Waals surface area contributed by atoms with Gasteiger partial charge in [0.1, 0.15) is 0 Å². The van der Waals surface area contributed by atoms with Gasteiger partial charge in [-0.05, 0) is 23.7 Å². The number of hydrogen-bond donors (Lipinski definition) is 0. The van der Waals surface area contributed by atoms with Crippen molar-refractivity contribution in [1.29, 1.82) is 0 Å². The monoisotopic (exact) mass is 313 g/mol. The summed E-state index contributed by atoms with van der Waals surface area (Å²) in [5, 5.41) is 0.564. The van der Waals surface area contributed by atoms with Crippen LogP contribution in [0.1, 0.15) is 80.6 Å². The fraction of sp³-hybridized carbons (Fsp3) is 0.824. The molecule has 0 rings (SSSR count). The molecule has 0 N–H and O–H groups in total. The number of amides is 2. The Labute approximate surface area is 134 Å². The average Bonchev–Trinajstić information content (AvgIpc) is 2.41. The number of carbonyl (C=O) groups is 3. The van der Waals surface area contributed by atoms with Crippen LogP contribution in [0.2, 0.25) is 0 Å². The van der Waals surface area contributed by atoms with E-state index in [4.69, 9.17) is 4.84 Å². The van der Waals surface area contributed by atoms with E-state index in [0.29, 0.717) is 5.06 Å². The lowest BCUT2D eigenvalue weighted by atomic mass is 9.76. The normalized spacial score (nSPS) is 12.0. The van der Waals surface area contributed by atoms with Gasteiger partial charge in [0.05, 0.1) is 6.42 Å². The molecule has 5 nitrogen and oxygen atoms in total. The topological polar surface area (TPSA) is 63.7 Å². The molecule has 0 fully saturated rings. The van der Waals surface area contributed by atoms with Crippen molar-refractivity contribution in [3.63, 3.8) is 0 Å². The molecule has 2 amide bonds. The van der Waals surface area contributed by atoms with Gasteiger partial charge in [-0.1, -0.05) is 48.0 Å². The van der Waals surface area contributed by atoms with Crippen molar-refractivity contribution in [2.75, 3.05) is 0 Å². The molecule has 0 aliphatic carbocycles. The van der Waals surface area contributed by atoms with Gasteiger partial charge in [-0.3, -0.25) is 9.59 Å². The highest BCUT2D eigenvalue weighted by Crippen LogP contribution is 2.35. The predicted molar refractivity (Wildman–Crippen MR) is 85.6 cm³/mol. The lowest BCUT2D eigenvalue weighted by molar-refractivity contribution is -0.203. The summed E-state index contributed by atoms with van der Waals surface area (Å²) in [6, 6.07) is 0. The van der Waals surface area contributed by atoms with E-state index in [0.717, 1.165) is 19.3 Å². The molecule has 0 radical (unpaired) electrons. The minimum absolute atomic E-state index is 0.112. The van der Waals surface area contributed by atoms with Crippen LogP contribution in [0.3, 0.4) is 0 Å². The smallest absolute Gasteiger partial charge is 0.330 e. The van der Waals surface area contributed by atoms with Crippen LogP contribution in [0, 0.1) is 10.8 Å². The minimum Gasteiger partial charge on any atom is -0.330 e. The average molecular weight is 313 g/mol. The van der Waals surface area contributed by atoms with Crippen LogP contribution in [0.4, 0.5) is 0 Å². The van der Waals surface area contributed by atoms with Crippen LogP contribution in [0.15, 0.2) is 0 Å². The Kier molecular flexibility index (Phi) is 7.77. The molecule has 0 saturated heterocycles. The zero-order valence-electron chi connectivity index (χ0n) is 15.1. The molecular weight excluding hydrogens is 282 g/mol. The van der Waals surface area contributed by atoms with Crippen LogP contribution in [-0.2, 0) is 19.2 Å². The minimum atomic E-state index is -0.579. The van der Waals surface area contributed by atoms with Crippen molar-refractivity contribution in [2.24, 2.45) is 10.8 Å². The largest absolute Gasteiger partial charge is 0.333 e. The van der Waals surface area contributed by atoms with Gasteiger partial charge in [0, 0.05) is 13.3 Å². The number of imide groups is 1. The molecule has 0 spiro atoms. The standard InChI is InChI=1S/C17H31NO4/c1-8-14(20)18(13(3)19)22-15(21)12-17(6,7)11-10-16(4,5)9-2/h8-12H2,1-7H3. The van der Waals surface area contributed by atoms with E-state index in [1.54, 1.807) is 6.92 Å². The number of nitrogens with zero attached hydrogens (tertiary/aromatic N) is 1. The number of hydrogen-bond acceptors (Lipinski definition) is 4. The van der Waals surface area contributed by atoms with Crippen LogP contribution in [-0.4, -0.2) is 22.8 Å². The Morgan fingerprint density at radius 2 is 1.45 bits per heavy atom. The summed E-state index contributed by atoms with van der Waals surface area (Å²) >= 11 is 0. The summed E-state index contributed by atoms with van der Waals surface area (Å²) in [6.45, 7) is 13.4. The van der Waals surface area contributed by atoms with E-state index >= 15 is 0 Å². The number of rotatable bonds is 7. The molecule has 0 bridgehead atoms. The molecule has 0 atom stereocenters. The molecule has 0 aliphatic rings. The Morgan fingerprint density at radius 1 is 0.955 bits per heavy atom. The second-order valence-corrected chi connectivity index (χ2v) is 7.38. The van der Waals surface area contributed by atoms with Gasteiger partial charge >= 0.3 is 5.97 Å². The van der Waals surface area contributed by atoms with Crippen molar-refractivity contribution in [2.45, 2.75) is 80.6 Å². The molecule has 128 valence electrons. The first kappa shape index (κ1) is 20.6. The highest BCUT2D eigenvalue weighted by atomic mass is 16.7. The van der Waals surface area contributed by atoms with Crippen molar-refractivity contribution < 1.29 is 19.2 Å². The van der Waals surface area contributed by atoms with Crippen LogP contribution in [0.5, 0.6) is 0 Å². The SMILES string of the molecule is CCC(=O)N(OC(=O)CC(C)(C)CCC(C)(C)CC)C(C)=O. The van der Waals surface area contributed by atoms with E-state index < -0.39 is 17.8 Å². The molecular formula is C17H31NO4. The van der Waals surface area contributed by atoms with Gasteiger partial charge in [-0.15, -0.1) is 5.06 Å². The van der Waals surface area contributed by atoms with Gasteiger partial charge in [0.25, 0.3) is 11.8 Å². The van der Waals surface area contributed by atoms with E-state index in [-0.39, 0.29) is 23.7 Å². The fourth-order valence-electron chi connectivity index (χ4n) is 1.90.